The molecule has 2 N–H and O–H groups in total. The van der Waals surface area contributed by atoms with Gasteiger partial charge >= 0.3 is 5.97 Å². The van der Waals surface area contributed by atoms with Gasteiger partial charge < -0.3 is 19.6 Å². The Hall–Kier alpha value is -1.33. The molecule has 0 bridgehead atoms. The first-order chi connectivity index (χ1) is 8.72. The quantitative estimate of drug-likeness (QED) is 0.690. The van der Waals surface area contributed by atoms with E-state index in [0.29, 0.717) is 12.5 Å². The summed E-state index contributed by atoms with van der Waals surface area (Å²) >= 11 is 0. The molecule has 1 aromatic heterocycles. The Morgan fingerprint density at radius 1 is 1.61 bits per heavy atom. The number of carbonyl (C=O) groups excluding carboxylic acids is 1. The molecule has 0 aliphatic rings. The molecule has 1 rings (SSSR count). The molecule has 0 aliphatic heterocycles. The Morgan fingerprint density at radius 3 is 3.00 bits per heavy atom. The van der Waals surface area contributed by atoms with Crippen molar-refractivity contribution in [3.8, 4) is 0 Å². The van der Waals surface area contributed by atoms with E-state index >= 15 is 0 Å². The SMILES string of the molecule is CCC(CCO)CNCc1ccoc1C(=O)OC. The molecule has 1 heterocycles. The zero-order valence-electron chi connectivity index (χ0n) is 10.9. The number of ether oxygens (including phenoxy) is 1. The van der Waals surface area contributed by atoms with Gasteiger partial charge in [0.15, 0.2) is 0 Å². The lowest BCUT2D eigenvalue weighted by Crippen LogP contribution is -2.23. The van der Waals surface area contributed by atoms with Gasteiger partial charge in [-0.05, 0) is 24.9 Å². The first-order valence-electron chi connectivity index (χ1n) is 6.19. The number of aliphatic hydroxyl groups is 1. The van der Waals surface area contributed by atoms with Crippen molar-refractivity contribution in [3.05, 3.63) is 23.7 Å². The van der Waals surface area contributed by atoms with Crippen LogP contribution in [0.15, 0.2) is 16.7 Å². The first kappa shape index (κ1) is 14.7. The topological polar surface area (TPSA) is 71.7 Å². The van der Waals surface area contributed by atoms with E-state index in [4.69, 9.17) is 9.52 Å². The van der Waals surface area contributed by atoms with Gasteiger partial charge in [0.2, 0.25) is 5.76 Å². The minimum atomic E-state index is -0.459. The summed E-state index contributed by atoms with van der Waals surface area (Å²) in [5.41, 5.74) is 0.792. The molecule has 1 aromatic rings. The van der Waals surface area contributed by atoms with Crippen LogP contribution in [-0.4, -0.2) is 31.3 Å². The number of hydrogen-bond acceptors (Lipinski definition) is 5. The average Bonchev–Trinajstić information content (AvgIpc) is 2.85. The zero-order chi connectivity index (χ0) is 13.4. The van der Waals surface area contributed by atoms with Gasteiger partial charge in [0.1, 0.15) is 0 Å². The second-order valence-corrected chi connectivity index (χ2v) is 4.18. The lowest BCUT2D eigenvalue weighted by molar-refractivity contribution is 0.0563. The normalized spacial score (nSPS) is 12.4. The van der Waals surface area contributed by atoms with Crippen molar-refractivity contribution >= 4 is 5.97 Å². The Morgan fingerprint density at radius 2 is 2.39 bits per heavy atom. The van der Waals surface area contributed by atoms with Gasteiger partial charge in [0.25, 0.3) is 0 Å². The Bertz CT molecular complexity index is 362. The summed E-state index contributed by atoms with van der Waals surface area (Å²) in [7, 11) is 1.33. The molecule has 1 unspecified atom stereocenters. The minimum absolute atomic E-state index is 0.208. The molecule has 18 heavy (non-hydrogen) atoms. The monoisotopic (exact) mass is 255 g/mol. The molecule has 0 aliphatic carbocycles. The van der Waals surface area contributed by atoms with Crippen LogP contribution in [0.3, 0.4) is 0 Å². The maximum Gasteiger partial charge on any atom is 0.374 e. The summed E-state index contributed by atoms with van der Waals surface area (Å²) in [6.45, 7) is 3.67. The van der Waals surface area contributed by atoms with Gasteiger partial charge in [-0.2, -0.15) is 0 Å². The van der Waals surface area contributed by atoms with Gasteiger partial charge in [-0.1, -0.05) is 13.3 Å². The summed E-state index contributed by atoms with van der Waals surface area (Å²) in [5.74, 6) is 0.239. The highest BCUT2D eigenvalue weighted by atomic mass is 16.5. The molecular formula is C13H21NO4. The number of rotatable bonds is 8. The van der Waals surface area contributed by atoms with E-state index in [-0.39, 0.29) is 12.4 Å². The predicted molar refractivity (Wildman–Crippen MR) is 67.2 cm³/mol. The molecule has 1 atom stereocenters. The Labute approximate surface area is 107 Å². The van der Waals surface area contributed by atoms with Crippen LogP contribution >= 0.6 is 0 Å². The Kier molecular flexibility index (Phi) is 6.46. The van der Waals surface area contributed by atoms with Crippen LogP contribution in [0.25, 0.3) is 0 Å². The molecular weight excluding hydrogens is 234 g/mol. The van der Waals surface area contributed by atoms with Gasteiger partial charge in [0.05, 0.1) is 13.4 Å². The number of methoxy groups -OCH3 is 1. The fourth-order valence-electron chi connectivity index (χ4n) is 1.79. The third-order valence-electron chi connectivity index (χ3n) is 2.98. The highest BCUT2D eigenvalue weighted by Gasteiger charge is 2.15. The van der Waals surface area contributed by atoms with E-state index < -0.39 is 5.97 Å². The number of esters is 1. The van der Waals surface area contributed by atoms with Gasteiger partial charge in [0, 0.05) is 18.7 Å². The van der Waals surface area contributed by atoms with Gasteiger partial charge in [-0.3, -0.25) is 0 Å². The van der Waals surface area contributed by atoms with Crippen LogP contribution in [0.5, 0.6) is 0 Å². The maximum atomic E-state index is 11.4. The van der Waals surface area contributed by atoms with E-state index in [2.05, 4.69) is 17.0 Å². The highest BCUT2D eigenvalue weighted by Crippen LogP contribution is 2.12. The largest absolute Gasteiger partial charge is 0.463 e. The van der Waals surface area contributed by atoms with Crippen molar-refractivity contribution in [2.75, 3.05) is 20.3 Å². The molecule has 0 radical (unpaired) electrons. The highest BCUT2D eigenvalue weighted by molar-refractivity contribution is 5.87. The van der Waals surface area contributed by atoms with Crippen molar-refractivity contribution in [1.82, 2.24) is 5.32 Å². The van der Waals surface area contributed by atoms with E-state index in [9.17, 15) is 4.79 Å². The van der Waals surface area contributed by atoms with Gasteiger partial charge in [-0.25, -0.2) is 4.79 Å². The lowest BCUT2D eigenvalue weighted by atomic mass is 10.0. The third kappa shape index (κ3) is 4.16. The zero-order valence-corrected chi connectivity index (χ0v) is 10.9. The van der Waals surface area contributed by atoms with Crippen molar-refractivity contribution in [2.45, 2.75) is 26.3 Å². The van der Waals surface area contributed by atoms with Crippen molar-refractivity contribution < 1.29 is 19.1 Å². The van der Waals surface area contributed by atoms with Crippen molar-refractivity contribution in [2.24, 2.45) is 5.92 Å². The lowest BCUT2D eigenvalue weighted by Gasteiger charge is -2.13. The van der Waals surface area contributed by atoms with E-state index in [1.165, 1.54) is 13.4 Å². The number of aliphatic hydroxyl groups excluding tert-OH is 1. The molecule has 5 nitrogen and oxygen atoms in total. The summed E-state index contributed by atoms with van der Waals surface area (Å²) < 4.78 is 9.72. The minimum Gasteiger partial charge on any atom is -0.463 e. The molecule has 0 saturated heterocycles. The summed E-state index contributed by atoms with van der Waals surface area (Å²) in [6.07, 6.45) is 3.29. The van der Waals surface area contributed by atoms with Crippen LogP contribution in [-0.2, 0) is 11.3 Å². The van der Waals surface area contributed by atoms with E-state index in [1.54, 1.807) is 6.07 Å². The summed E-state index contributed by atoms with van der Waals surface area (Å²) in [4.78, 5) is 11.4. The van der Waals surface area contributed by atoms with Crippen LogP contribution in [0.4, 0.5) is 0 Å². The van der Waals surface area contributed by atoms with Crippen molar-refractivity contribution in [1.29, 1.82) is 0 Å². The van der Waals surface area contributed by atoms with Gasteiger partial charge in [-0.15, -0.1) is 0 Å². The molecule has 0 saturated carbocycles. The van der Waals surface area contributed by atoms with Crippen LogP contribution in [0.2, 0.25) is 0 Å². The molecule has 0 amide bonds. The summed E-state index contributed by atoms with van der Waals surface area (Å²) in [5, 5.41) is 12.2. The second kappa shape index (κ2) is 7.89. The molecule has 5 heteroatoms. The van der Waals surface area contributed by atoms with Crippen LogP contribution < -0.4 is 5.32 Å². The number of carbonyl (C=O) groups is 1. The average molecular weight is 255 g/mol. The fraction of sp³-hybridized carbons (Fsp3) is 0.615. The number of hydrogen-bond donors (Lipinski definition) is 2. The maximum absolute atomic E-state index is 11.4. The first-order valence-corrected chi connectivity index (χ1v) is 6.19. The second-order valence-electron chi connectivity index (χ2n) is 4.18. The predicted octanol–water partition coefficient (Wildman–Crippen LogP) is 1.56. The van der Waals surface area contributed by atoms with E-state index in [0.717, 1.165) is 24.9 Å². The molecule has 102 valence electrons. The standard InChI is InChI=1S/C13H21NO4/c1-3-10(4-6-15)8-14-9-11-5-7-18-12(11)13(16)17-2/h5,7,10,14-15H,3-4,6,8-9H2,1-2H3. The molecule has 0 spiro atoms. The molecule has 0 aromatic carbocycles. The number of nitrogens with one attached hydrogen (secondary N) is 1. The van der Waals surface area contributed by atoms with Crippen LogP contribution in [0.1, 0.15) is 35.9 Å². The molecule has 0 fully saturated rings. The third-order valence-corrected chi connectivity index (χ3v) is 2.98. The smallest absolute Gasteiger partial charge is 0.374 e. The van der Waals surface area contributed by atoms with E-state index in [1.807, 2.05) is 0 Å². The Balaban J connectivity index is 2.44. The van der Waals surface area contributed by atoms with Crippen LogP contribution in [0, 0.1) is 5.92 Å². The summed E-state index contributed by atoms with van der Waals surface area (Å²) in [6, 6.07) is 1.76. The van der Waals surface area contributed by atoms with Crippen molar-refractivity contribution in [3.63, 3.8) is 0 Å². The number of furan rings is 1. The fourth-order valence-corrected chi connectivity index (χ4v) is 1.79.